The fraction of sp³-hybridized carbons (Fsp3) is 0.429. The molecule has 2 aromatic rings. The summed E-state index contributed by atoms with van der Waals surface area (Å²) in [6.45, 7) is 3.11. The van der Waals surface area contributed by atoms with E-state index in [1.165, 1.54) is 36.8 Å². The predicted molar refractivity (Wildman–Crippen MR) is 77.7 cm³/mol. The zero-order chi connectivity index (χ0) is 16.6. The van der Waals surface area contributed by atoms with Gasteiger partial charge in [0.2, 0.25) is 5.71 Å². The second-order valence-corrected chi connectivity index (χ2v) is 5.30. The number of furan rings is 1. The number of carboxylic acid groups (broad SMARTS) is 1. The van der Waals surface area contributed by atoms with Crippen molar-refractivity contribution < 1.29 is 19.1 Å². The number of nitrogens with zero attached hydrogens (tertiary/aromatic N) is 3. The maximum Gasteiger partial charge on any atom is 0.308 e. The molecule has 0 saturated carbocycles. The van der Waals surface area contributed by atoms with Crippen molar-refractivity contribution in [3.63, 3.8) is 0 Å². The number of hydrogen-bond donors (Lipinski definition) is 1. The van der Waals surface area contributed by atoms with Crippen LogP contribution in [0.2, 0.25) is 0 Å². The van der Waals surface area contributed by atoms with Gasteiger partial charge in [-0.25, -0.2) is 4.98 Å². The van der Waals surface area contributed by atoms with Crippen molar-refractivity contribution in [2.24, 2.45) is 13.0 Å². The van der Waals surface area contributed by atoms with Crippen LogP contribution in [0.1, 0.15) is 23.0 Å². The summed E-state index contributed by atoms with van der Waals surface area (Å²) >= 11 is 0. The highest BCUT2D eigenvalue weighted by molar-refractivity contribution is 6.06. The first kappa shape index (κ1) is 15.7. The van der Waals surface area contributed by atoms with E-state index in [4.69, 9.17) is 9.52 Å². The lowest BCUT2D eigenvalue weighted by molar-refractivity contribution is -0.141. The molecule has 0 fully saturated rings. The van der Waals surface area contributed by atoms with E-state index in [2.05, 4.69) is 4.98 Å². The molecule has 8 heteroatoms. The SMILES string of the molecule is Cc1oc2ncn(C)c(=O)c2c1C(=O)N(C)CC(C)C(=O)O. The molecular weight excluding hydrogens is 290 g/mol. The summed E-state index contributed by atoms with van der Waals surface area (Å²) in [4.78, 5) is 40.9. The zero-order valence-electron chi connectivity index (χ0n) is 12.8. The Labute approximate surface area is 126 Å². The smallest absolute Gasteiger partial charge is 0.308 e. The Kier molecular flexibility index (Phi) is 4.03. The van der Waals surface area contributed by atoms with Crippen molar-refractivity contribution in [1.29, 1.82) is 0 Å². The standard InChI is InChI=1S/C14H17N3O5/c1-7(14(20)21)5-16(3)12(18)9-8(2)22-11-10(9)13(19)17(4)6-15-11/h6-7H,5H2,1-4H3,(H,20,21). The summed E-state index contributed by atoms with van der Waals surface area (Å²) in [7, 11) is 3.02. The molecule has 0 bridgehead atoms. The van der Waals surface area contributed by atoms with E-state index in [0.717, 1.165) is 0 Å². The number of aryl methyl sites for hydroxylation is 2. The molecular formula is C14H17N3O5. The molecule has 8 nitrogen and oxygen atoms in total. The molecule has 0 radical (unpaired) electrons. The van der Waals surface area contributed by atoms with Gasteiger partial charge >= 0.3 is 5.97 Å². The number of carbonyl (C=O) groups is 2. The van der Waals surface area contributed by atoms with Crippen LogP contribution in [0.4, 0.5) is 0 Å². The first-order valence-electron chi connectivity index (χ1n) is 6.67. The Balaban J connectivity index is 2.48. The molecule has 118 valence electrons. The molecule has 22 heavy (non-hydrogen) atoms. The maximum atomic E-state index is 12.6. The van der Waals surface area contributed by atoms with Gasteiger partial charge in [-0.15, -0.1) is 0 Å². The Morgan fingerprint density at radius 3 is 2.73 bits per heavy atom. The van der Waals surface area contributed by atoms with Gasteiger partial charge in [-0.1, -0.05) is 6.92 Å². The third kappa shape index (κ3) is 2.59. The lowest BCUT2D eigenvalue weighted by Gasteiger charge is -2.19. The van der Waals surface area contributed by atoms with Crippen LogP contribution < -0.4 is 5.56 Å². The molecule has 0 saturated heterocycles. The van der Waals surface area contributed by atoms with Crippen molar-refractivity contribution in [2.45, 2.75) is 13.8 Å². The van der Waals surface area contributed by atoms with E-state index in [-0.39, 0.29) is 34.5 Å². The van der Waals surface area contributed by atoms with E-state index in [1.54, 1.807) is 6.92 Å². The minimum atomic E-state index is -0.994. The largest absolute Gasteiger partial charge is 0.481 e. The second kappa shape index (κ2) is 5.63. The Hall–Kier alpha value is -2.64. The Bertz CT molecular complexity index is 805. The van der Waals surface area contributed by atoms with Crippen molar-refractivity contribution in [3.05, 3.63) is 28.0 Å². The zero-order valence-corrected chi connectivity index (χ0v) is 12.8. The van der Waals surface area contributed by atoms with Gasteiger partial charge in [-0.05, 0) is 6.92 Å². The number of carboxylic acids is 1. The van der Waals surface area contributed by atoms with Crippen LogP contribution >= 0.6 is 0 Å². The van der Waals surface area contributed by atoms with Gasteiger partial charge in [0.05, 0.1) is 11.5 Å². The van der Waals surface area contributed by atoms with Crippen molar-refractivity contribution in [2.75, 3.05) is 13.6 Å². The summed E-state index contributed by atoms with van der Waals surface area (Å²) in [5.41, 5.74) is -0.155. The first-order chi connectivity index (χ1) is 10.2. The number of amides is 1. The molecule has 2 heterocycles. The monoisotopic (exact) mass is 307 g/mol. The highest BCUT2D eigenvalue weighted by atomic mass is 16.4. The van der Waals surface area contributed by atoms with Gasteiger partial charge in [-0.2, -0.15) is 0 Å². The average Bonchev–Trinajstić information content (AvgIpc) is 2.78. The molecule has 1 atom stereocenters. The lowest BCUT2D eigenvalue weighted by atomic mass is 10.1. The van der Waals surface area contributed by atoms with E-state index in [9.17, 15) is 14.4 Å². The highest BCUT2D eigenvalue weighted by Gasteiger charge is 2.26. The molecule has 0 aliphatic rings. The van der Waals surface area contributed by atoms with Crippen molar-refractivity contribution in [3.8, 4) is 0 Å². The van der Waals surface area contributed by atoms with E-state index in [0.29, 0.717) is 0 Å². The summed E-state index contributed by atoms with van der Waals surface area (Å²) in [5, 5.41) is 9.04. The van der Waals surface area contributed by atoms with E-state index >= 15 is 0 Å². The lowest BCUT2D eigenvalue weighted by Crippen LogP contribution is -2.34. The molecule has 2 rings (SSSR count). The van der Waals surface area contributed by atoms with Crippen LogP contribution in [0.15, 0.2) is 15.5 Å². The molecule has 0 aromatic carbocycles. The summed E-state index contributed by atoms with van der Waals surface area (Å²) in [5.74, 6) is -1.89. The second-order valence-electron chi connectivity index (χ2n) is 5.30. The van der Waals surface area contributed by atoms with Crippen molar-refractivity contribution in [1.82, 2.24) is 14.5 Å². The topological polar surface area (TPSA) is 106 Å². The van der Waals surface area contributed by atoms with Crippen LogP contribution in [0.3, 0.4) is 0 Å². The molecule has 0 aliphatic heterocycles. The predicted octanol–water partition coefficient (Wildman–Crippen LogP) is 0.628. The van der Waals surface area contributed by atoms with Gasteiger partial charge in [-0.3, -0.25) is 14.4 Å². The molecule has 2 aromatic heterocycles. The van der Waals surface area contributed by atoms with Crippen LogP contribution in [-0.2, 0) is 11.8 Å². The number of rotatable bonds is 4. The number of fused-ring (bicyclic) bond motifs is 1. The molecule has 0 spiro atoms. The molecule has 0 aliphatic carbocycles. The number of hydrogen-bond acceptors (Lipinski definition) is 5. The third-order valence-electron chi connectivity index (χ3n) is 3.48. The summed E-state index contributed by atoms with van der Waals surface area (Å²) in [6, 6.07) is 0. The fourth-order valence-corrected chi connectivity index (χ4v) is 2.21. The van der Waals surface area contributed by atoms with Crippen LogP contribution in [0.5, 0.6) is 0 Å². The first-order valence-corrected chi connectivity index (χ1v) is 6.67. The van der Waals surface area contributed by atoms with Gasteiger partial charge in [0, 0.05) is 20.6 Å². The average molecular weight is 307 g/mol. The normalized spacial score (nSPS) is 12.4. The van der Waals surface area contributed by atoms with Gasteiger partial charge < -0.3 is 19.0 Å². The van der Waals surface area contributed by atoms with Gasteiger partial charge in [0.1, 0.15) is 17.5 Å². The van der Waals surface area contributed by atoms with E-state index < -0.39 is 17.8 Å². The van der Waals surface area contributed by atoms with Crippen LogP contribution in [0.25, 0.3) is 11.1 Å². The molecule has 1 amide bonds. The maximum absolute atomic E-state index is 12.6. The van der Waals surface area contributed by atoms with Crippen LogP contribution in [0, 0.1) is 12.8 Å². The molecule has 1 unspecified atom stereocenters. The Morgan fingerprint density at radius 2 is 2.14 bits per heavy atom. The van der Waals surface area contributed by atoms with E-state index in [1.807, 2.05) is 0 Å². The van der Waals surface area contributed by atoms with Crippen molar-refractivity contribution >= 4 is 23.0 Å². The minimum absolute atomic E-state index is 0.0286. The van der Waals surface area contributed by atoms with Gasteiger partial charge in [0.25, 0.3) is 11.5 Å². The quantitative estimate of drug-likeness (QED) is 0.888. The molecule has 1 N–H and O–H groups in total. The summed E-state index contributed by atoms with van der Waals surface area (Å²) < 4.78 is 6.63. The number of aromatic nitrogens is 2. The number of carbonyl (C=O) groups excluding carboxylic acids is 1. The fourth-order valence-electron chi connectivity index (χ4n) is 2.21. The number of aliphatic carboxylic acids is 1. The Morgan fingerprint density at radius 1 is 1.50 bits per heavy atom. The minimum Gasteiger partial charge on any atom is -0.481 e. The highest BCUT2D eigenvalue weighted by Crippen LogP contribution is 2.22. The van der Waals surface area contributed by atoms with Gasteiger partial charge in [0.15, 0.2) is 0 Å². The third-order valence-corrected chi connectivity index (χ3v) is 3.48. The van der Waals surface area contributed by atoms with Crippen LogP contribution in [-0.4, -0.2) is 45.0 Å². The summed E-state index contributed by atoms with van der Waals surface area (Å²) in [6.07, 6.45) is 1.32.